The van der Waals surface area contributed by atoms with Gasteiger partial charge in [0.15, 0.2) is 0 Å². The Kier molecular flexibility index (Phi) is 2.45. The summed E-state index contributed by atoms with van der Waals surface area (Å²) >= 11 is 0. The van der Waals surface area contributed by atoms with Gasteiger partial charge in [-0.2, -0.15) is 0 Å². The van der Waals surface area contributed by atoms with Crippen LogP contribution in [0.15, 0.2) is 30.9 Å². The quantitative estimate of drug-likeness (QED) is 0.743. The van der Waals surface area contributed by atoms with Gasteiger partial charge < -0.3 is 11.5 Å². The summed E-state index contributed by atoms with van der Waals surface area (Å²) in [5, 5.41) is 0. The average molecular weight is 201 g/mol. The van der Waals surface area contributed by atoms with E-state index in [2.05, 4.69) is 15.0 Å². The lowest BCUT2D eigenvalue weighted by atomic mass is 10.1. The molecule has 2 aromatic rings. The maximum atomic E-state index is 5.72. The van der Waals surface area contributed by atoms with Gasteiger partial charge in [-0.15, -0.1) is 0 Å². The summed E-state index contributed by atoms with van der Waals surface area (Å²) in [4.78, 5) is 12.1. The van der Waals surface area contributed by atoms with E-state index in [0.717, 1.165) is 11.3 Å². The summed E-state index contributed by atoms with van der Waals surface area (Å²) in [6.07, 6.45) is 7.10. The van der Waals surface area contributed by atoms with Crippen LogP contribution in [0.2, 0.25) is 0 Å². The van der Waals surface area contributed by atoms with Gasteiger partial charge in [0, 0.05) is 30.6 Å². The molecule has 2 aromatic heterocycles. The number of pyridine rings is 1. The first kappa shape index (κ1) is 9.39. The van der Waals surface area contributed by atoms with Gasteiger partial charge in [-0.25, -0.2) is 4.98 Å². The summed E-state index contributed by atoms with van der Waals surface area (Å²) in [5.41, 5.74) is 13.7. The predicted octanol–water partition coefficient (Wildman–Crippen LogP) is 0.627. The smallest absolute Gasteiger partial charge is 0.127 e. The Hall–Kier alpha value is -2.17. The molecule has 0 aliphatic heterocycles. The Balaban J connectivity index is 2.28. The summed E-state index contributed by atoms with van der Waals surface area (Å²) in [7, 11) is 0. The molecule has 76 valence electrons. The Morgan fingerprint density at radius 2 is 1.93 bits per heavy atom. The highest BCUT2D eigenvalue weighted by Crippen LogP contribution is 2.15. The van der Waals surface area contributed by atoms with Gasteiger partial charge in [0.2, 0.25) is 0 Å². The van der Waals surface area contributed by atoms with E-state index in [9.17, 15) is 0 Å². The van der Waals surface area contributed by atoms with Crippen LogP contribution >= 0.6 is 0 Å². The summed E-state index contributed by atoms with van der Waals surface area (Å²) in [6.45, 7) is 0. The van der Waals surface area contributed by atoms with Gasteiger partial charge in [-0.3, -0.25) is 9.97 Å². The van der Waals surface area contributed by atoms with Crippen LogP contribution in [0.1, 0.15) is 11.3 Å². The van der Waals surface area contributed by atoms with E-state index in [1.54, 1.807) is 24.7 Å². The Labute approximate surface area is 87.2 Å². The molecular weight excluding hydrogens is 190 g/mol. The van der Waals surface area contributed by atoms with Crippen LogP contribution in [-0.4, -0.2) is 15.0 Å². The highest BCUT2D eigenvalue weighted by Gasteiger charge is 2.03. The molecule has 0 saturated carbocycles. The molecule has 5 heteroatoms. The van der Waals surface area contributed by atoms with Crippen LogP contribution in [0.5, 0.6) is 0 Å². The molecule has 0 aliphatic carbocycles. The number of hydrogen-bond donors (Lipinski definition) is 2. The second-order valence-corrected chi connectivity index (χ2v) is 3.19. The number of rotatable bonds is 2. The van der Waals surface area contributed by atoms with Crippen molar-refractivity contribution < 1.29 is 0 Å². The second-order valence-electron chi connectivity index (χ2n) is 3.19. The first-order valence-electron chi connectivity index (χ1n) is 4.50. The van der Waals surface area contributed by atoms with E-state index in [1.165, 1.54) is 6.20 Å². The monoisotopic (exact) mass is 201 g/mol. The largest absolute Gasteiger partial charge is 0.397 e. The molecule has 2 heterocycles. The third-order valence-electron chi connectivity index (χ3n) is 2.01. The fourth-order valence-corrected chi connectivity index (χ4v) is 1.30. The minimum atomic E-state index is 0.481. The molecule has 2 rings (SSSR count). The van der Waals surface area contributed by atoms with E-state index >= 15 is 0 Å². The average Bonchev–Trinajstić information content (AvgIpc) is 2.25. The number of anilines is 2. The Morgan fingerprint density at radius 3 is 2.67 bits per heavy atom. The van der Waals surface area contributed by atoms with Crippen molar-refractivity contribution in [3.05, 3.63) is 42.1 Å². The molecule has 0 bridgehead atoms. The standard InChI is InChI=1S/C10H11N5/c11-8-3-7(10(12)15-5-8)4-9-6-13-1-2-14-9/h1-3,5-6H,4,11H2,(H2,12,15). The second kappa shape index (κ2) is 3.91. The molecule has 0 fully saturated rings. The molecule has 15 heavy (non-hydrogen) atoms. The van der Waals surface area contributed by atoms with Gasteiger partial charge in [-0.1, -0.05) is 0 Å². The van der Waals surface area contributed by atoms with Gasteiger partial charge in [0.1, 0.15) is 5.82 Å². The van der Waals surface area contributed by atoms with Crippen molar-refractivity contribution in [2.45, 2.75) is 6.42 Å². The number of hydrogen-bond acceptors (Lipinski definition) is 5. The van der Waals surface area contributed by atoms with Crippen molar-refractivity contribution in [2.24, 2.45) is 0 Å². The first-order chi connectivity index (χ1) is 7.25. The van der Waals surface area contributed by atoms with Crippen LogP contribution < -0.4 is 11.5 Å². The fraction of sp³-hybridized carbons (Fsp3) is 0.100. The highest BCUT2D eigenvalue weighted by atomic mass is 14.8. The predicted molar refractivity (Wildman–Crippen MR) is 57.9 cm³/mol. The lowest BCUT2D eigenvalue weighted by Gasteiger charge is -2.04. The third kappa shape index (κ3) is 2.19. The Bertz CT molecular complexity index is 455. The van der Waals surface area contributed by atoms with E-state index in [1.807, 2.05) is 0 Å². The van der Waals surface area contributed by atoms with E-state index in [-0.39, 0.29) is 0 Å². The maximum absolute atomic E-state index is 5.72. The SMILES string of the molecule is Nc1cnc(N)c(Cc2cnccn2)c1. The lowest BCUT2D eigenvalue weighted by Crippen LogP contribution is -2.01. The molecule has 0 spiro atoms. The van der Waals surface area contributed by atoms with Gasteiger partial charge in [0.05, 0.1) is 17.6 Å². The zero-order valence-electron chi connectivity index (χ0n) is 8.09. The number of nitrogen functional groups attached to an aromatic ring is 2. The normalized spacial score (nSPS) is 10.1. The molecule has 0 atom stereocenters. The summed E-state index contributed by atoms with van der Waals surface area (Å²) in [5.74, 6) is 0.481. The zero-order chi connectivity index (χ0) is 10.7. The molecule has 0 aromatic carbocycles. The van der Waals surface area contributed by atoms with Crippen molar-refractivity contribution in [1.29, 1.82) is 0 Å². The molecule has 0 saturated heterocycles. The molecule has 0 unspecified atom stereocenters. The highest BCUT2D eigenvalue weighted by molar-refractivity contribution is 5.49. The van der Waals surface area contributed by atoms with Crippen molar-refractivity contribution in [2.75, 3.05) is 11.5 Å². The van der Waals surface area contributed by atoms with Crippen molar-refractivity contribution >= 4 is 11.5 Å². The summed E-state index contributed by atoms with van der Waals surface area (Å²) < 4.78 is 0. The van der Waals surface area contributed by atoms with Crippen LogP contribution in [0, 0.1) is 0 Å². The zero-order valence-corrected chi connectivity index (χ0v) is 8.09. The van der Waals surface area contributed by atoms with E-state index in [0.29, 0.717) is 17.9 Å². The topological polar surface area (TPSA) is 90.7 Å². The number of nitrogens with zero attached hydrogens (tertiary/aromatic N) is 3. The fourth-order valence-electron chi connectivity index (χ4n) is 1.30. The van der Waals surface area contributed by atoms with Crippen LogP contribution in [-0.2, 0) is 6.42 Å². The van der Waals surface area contributed by atoms with Gasteiger partial charge in [0.25, 0.3) is 0 Å². The first-order valence-corrected chi connectivity index (χ1v) is 4.50. The molecule has 0 radical (unpaired) electrons. The number of nitrogens with two attached hydrogens (primary N) is 2. The van der Waals surface area contributed by atoms with Gasteiger partial charge >= 0.3 is 0 Å². The molecule has 5 nitrogen and oxygen atoms in total. The molecular formula is C10H11N5. The van der Waals surface area contributed by atoms with Crippen molar-refractivity contribution in [1.82, 2.24) is 15.0 Å². The third-order valence-corrected chi connectivity index (χ3v) is 2.01. The molecule has 4 N–H and O–H groups in total. The summed E-state index contributed by atoms with van der Waals surface area (Å²) in [6, 6.07) is 1.80. The van der Waals surface area contributed by atoms with E-state index < -0.39 is 0 Å². The van der Waals surface area contributed by atoms with Crippen molar-refractivity contribution in [3.63, 3.8) is 0 Å². The van der Waals surface area contributed by atoms with E-state index in [4.69, 9.17) is 11.5 Å². The van der Waals surface area contributed by atoms with Crippen molar-refractivity contribution in [3.8, 4) is 0 Å². The maximum Gasteiger partial charge on any atom is 0.127 e. The molecule has 0 amide bonds. The number of aromatic nitrogens is 3. The Morgan fingerprint density at radius 1 is 1.07 bits per heavy atom. The van der Waals surface area contributed by atoms with Crippen LogP contribution in [0.25, 0.3) is 0 Å². The lowest BCUT2D eigenvalue weighted by molar-refractivity contribution is 1.02. The van der Waals surface area contributed by atoms with Crippen LogP contribution in [0.4, 0.5) is 11.5 Å². The molecule has 0 aliphatic rings. The minimum absolute atomic E-state index is 0.481. The minimum Gasteiger partial charge on any atom is -0.397 e. The van der Waals surface area contributed by atoms with Crippen LogP contribution in [0.3, 0.4) is 0 Å². The van der Waals surface area contributed by atoms with Gasteiger partial charge in [-0.05, 0) is 6.07 Å².